The van der Waals surface area contributed by atoms with Gasteiger partial charge in [-0.15, -0.1) is 11.3 Å². The summed E-state index contributed by atoms with van der Waals surface area (Å²) < 4.78 is 2.63. The van der Waals surface area contributed by atoms with Gasteiger partial charge in [0.1, 0.15) is 0 Å². The van der Waals surface area contributed by atoms with Crippen molar-refractivity contribution in [3.05, 3.63) is 67.0 Å². The van der Waals surface area contributed by atoms with E-state index in [1.165, 1.54) is 20.2 Å². The minimum Gasteiger partial charge on any atom is -0.264 e. The van der Waals surface area contributed by atoms with E-state index in [-0.39, 0.29) is 0 Å². The highest BCUT2D eigenvalue weighted by Crippen LogP contribution is 2.39. The van der Waals surface area contributed by atoms with E-state index < -0.39 is 0 Å². The maximum Gasteiger partial charge on any atom is 0.0362 e. The molecule has 0 fully saturated rings. The Morgan fingerprint density at radius 2 is 1.89 bits per heavy atom. The molecular formula is C17H10NS. The van der Waals surface area contributed by atoms with Gasteiger partial charge in [-0.25, -0.2) is 0 Å². The number of pyridine rings is 1. The minimum absolute atomic E-state index is 1.12. The molecule has 0 amide bonds. The lowest BCUT2D eigenvalue weighted by molar-refractivity contribution is 1.33. The van der Waals surface area contributed by atoms with Gasteiger partial charge in [-0.2, -0.15) is 0 Å². The van der Waals surface area contributed by atoms with Gasteiger partial charge in [0.2, 0.25) is 0 Å². The van der Waals surface area contributed by atoms with Gasteiger partial charge in [-0.3, -0.25) is 4.98 Å². The monoisotopic (exact) mass is 260 g/mol. The Kier molecular flexibility index (Phi) is 2.35. The summed E-state index contributed by atoms with van der Waals surface area (Å²) >= 11 is 1.83. The predicted octanol–water partition coefficient (Wildman–Crippen LogP) is 4.92. The maximum atomic E-state index is 4.22. The van der Waals surface area contributed by atoms with Gasteiger partial charge in [0.15, 0.2) is 0 Å². The predicted molar refractivity (Wildman–Crippen MR) is 81.4 cm³/mol. The van der Waals surface area contributed by atoms with Crippen LogP contribution in [0.15, 0.2) is 60.9 Å². The molecule has 0 aliphatic rings. The van der Waals surface area contributed by atoms with Crippen LogP contribution < -0.4 is 0 Å². The summed E-state index contributed by atoms with van der Waals surface area (Å²) in [4.78, 5) is 4.22. The maximum absolute atomic E-state index is 4.22. The van der Waals surface area contributed by atoms with Crippen LogP contribution in [0.4, 0.5) is 0 Å². The quantitative estimate of drug-likeness (QED) is 0.473. The molecule has 0 bridgehead atoms. The van der Waals surface area contributed by atoms with Crippen LogP contribution in [0.2, 0.25) is 0 Å². The third-order valence-electron chi connectivity index (χ3n) is 3.29. The van der Waals surface area contributed by atoms with Crippen LogP contribution in [0.5, 0.6) is 0 Å². The van der Waals surface area contributed by atoms with Gasteiger partial charge >= 0.3 is 0 Å². The Morgan fingerprint density at radius 1 is 0.947 bits per heavy atom. The number of rotatable bonds is 1. The third-order valence-corrected chi connectivity index (χ3v) is 4.42. The van der Waals surface area contributed by atoms with Crippen LogP contribution in [-0.2, 0) is 0 Å². The Labute approximate surface area is 115 Å². The normalized spacial score (nSPS) is 11.2. The van der Waals surface area contributed by atoms with Crippen LogP contribution in [0.1, 0.15) is 0 Å². The minimum atomic E-state index is 1.12. The molecule has 0 saturated carbocycles. The van der Waals surface area contributed by atoms with Crippen molar-refractivity contribution in [3.8, 4) is 11.1 Å². The van der Waals surface area contributed by atoms with Crippen molar-refractivity contribution in [2.24, 2.45) is 0 Å². The molecule has 2 aromatic heterocycles. The van der Waals surface area contributed by atoms with Crippen molar-refractivity contribution >= 4 is 31.5 Å². The van der Waals surface area contributed by atoms with Crippen molar-refractivity contribution in [1.29, 1.82) is 0 Å². The zero-order valence-electron chi connectivity index (χ0n) is 10.1. The van der Waals surface area contributed by atoms with Gasteiger partial charge in [-0.05, 0) is 24.3 Å². The highest BCUT2D eigenvalue weighted by molar-refractivity contribution is 7.25. The zero-order chi connectivity index (χ0) is 12.7. The van der Waals surface area contributed by atoms with E-state index in [0.717, 1.165) is 11.1 Å². The lowest BCUT2D eigenvalue weighted by Crippen LogP contribution is -1.80. The third kappa shape index (κ3) is 1.65. The van der Waals surface area contributed by atoms with E-state index in [9.17, 15) is 0 Å². The molecule has 2 aromatic carbocycles. The molecule has 4 rings (SSSR count). The van der Waals surface area contributed by atoms with Crippen molar-refractivity contribution < 1.29 is 0 Å². The molecule has 4 aromatic rings. The number of nitrogens with zero attached hydrogens (tertiary/aromatic N) is 1. The van der Waals surface area contributed by atoms with Crippen molar-refractivity contribution in [2.75, 3.05) is 0 Å². The van der Waals surface area contributed by atoms with Crippen LogP contribution >= 0.6 is 11.3 Å². The highest BCUT2D eigenvalue weighted by Gasteiger charge is 2.10. The Bertz CT molecular complexity index is 862. The van der Waals surface area contributed by atoms with Crippen LogP contribution in [0.3, 0.4) is 0 Å². The Morgan fingerprint density at radius 3 is 2.79 bits per heavy atom. The number of fused-ring (bicyclic) bond motifs is 3. The second-order valence-corrected chi connectivity index (χ2v) is 5.52. The topological polar surface area (TPSA) is 12.9 Å². The summed E-state index contributed by atoms with van der Waals surface area (Å²) in [5.74, 6) is 0. The molecule has 0 aliphatic carbocycles. The largest absolute Gasteiger partial charge is 0.264 e. The number of hydrogen-bond acceptors (Lipinski definition) is 2. The summed E-state index contributed by atoms with van der Waals surface area (Å²) in [7, 11) is 0. The molecule has 0 saturated heterocycles. The molecule has 0 unspecified atom stereocenters. The molecule has 2 heterocycles. The smallest absolute Gasteiger partial charge is 0.0362 e. The van der Waals surface area contributed by atoms with E-state index in [1.54, 1.807) is 6.20 Å². The average molecular weight is 260 g/mol. The molecule has 0 N–H and O–H groups in total. The second kappa shape index (κ2) is 4.18. The first-order valence-corrected chi connectivity index (χ1v) is 6.97. The molecule has 0 atom stereocenters. The van der Waals surface area contributed by atoms with Gasteiger partial charge in [-0.1, -0.05) is 30.3 Å². The van der Waals surface area contributed by atoms with E-state index in [0.29, 0.717) is 0 Å². The molecule has 19 heavy (non-hydrogen) atoms. The van der Waals surface area contributed by atoms with Crippen LogP contribution in [0.25, 0.3) is 31.3 Å². The summed E-state index contributed by atoms with van der Waals surface area (Å²) in [6.45, 7) is 0. The summed E-state index contributed by atoms with van der Waals surface area (Å²) in [6, 6.07) is 20.1. The summed E-state index contributed by atoms with van der Waals surface area (Å²) in [5, 5.41) is 2.59. The molecule has 1 nitrogen and oxygen atoms in total. The van der Waals surface area contributed by atoms with Gasteiger partial charge in [0, 0.05) is 43.7 Å². The first-order chi connectivity index (χ1) is 9.43. The zero-order valence-corrected chi connectivity index (χ0v) is 10.9. The SMILES string of the molecule is [c]1ccc2sc3ccccc3c2c1-c1cccnc1. The lowest BCUT2D eigenvalue weighted by Gasteiger charge is -2.03. The van der Waals surface area contributed by atoms with Crippen molar-refractivity contribution in [2.45, 2.75) is 0 Å². The first kappa shape index (κ1) is 10.7. The second-order valence-electron chi connectivity index (χ2n) is 4.43. The van der Waals surface area contributed by atoms with Crippen molar-refractivity contribution in [3.63, 3.8) is 0 Å². The van der Waals surface area contributed by atoms with Gasteiger partial charge < -0.3 is 0 Å². The average Bonchev–Trinajstić information content (AvgIpc) is 2.86. The fourth-order valence-corrected chi connectivity index (χ4v) is 3.56. The summed E-state index contributed by atoms with van der Waals surface area (Å²) in [6.07, 6.45) is 3.70. The Balaban J connectivity index is 2.17. The lowest BCUT2D eigenvalue weighted by atomic mass is 10.0. The fraction of sp³-hybridized carbons (Fsp3) is 0. The molecule has 0 spiro atoms. The standard InChI is InChI=1S/C17H10NS/c1-2-8-15-14(6-1)17-13(7-3-9-16(17)19-15)12-5-4-10-18-11-12/h1-6,8-11H. The van der Waals surface area contributed by atoms with Crippen LogP contribution in [-0.4, -0.2) is 4.98 Å². The molecule has 1 radical (unpaired) electrons. The molecule has 89 valence electrons. The van der Waals surface area contributed by atoms with E-state index in [2.05, 4.69) is 47.4 Å². The van der Waals surface area contributed by atoms with Crippen molar-refractivity contribution in [1.82, 2.24) is 4.98 Å². The van der Waals surface area contributed by atoms with E-state index in [1.807, 2.05) is 29.7 Å². The molecule has 0 aliphatic heterocycles. The highest BCUT2D eigenvalue weighted by atomic mass is 32.1. The van der Waals surface area contributed by atoms with Crippen LogP contribution in [0, 0.1) is 6.07 Å². The number of benzene rings is 2. The fourth-order valence-electron chi connectivity index (χ4n) is 2.45. The first-order valence-electron chi connectivity index (χ1n) is 6.16. The van der Waals surface area contributed by atoms with E-state index >= 15 is 0 Å². The van der Waals surface area contributed by atoms with E-state index in [4.69, 9.17) is 0 Å². The number of hydrogen-bond donors (Lipinski definition) is 0. The number of thiophene rings is 1. The summed E-state index contributed by atoms with van der Waals surface area (Å²) in [5.41, 5.74) is 2.26. The molecule has 2 heteroatoms. The van der Waals surface area contributed by atoms with Gasteiger partial charge in [0.05, 0.1) is 0 Å². The Hall–Kier alpha value is -2.19. The molecular weight excluding hydrogens is 250 g/mol. The number of aromatic nitrogens is 1. The van der Waals surface area contributed by atoms with Gasteiger partial charge in [0.25, 0.3) is 0 Å².